The summed E-state index contributed by atoms with van der Waals surface area (Å²) in [6.45, 7) is 2.06. The van der Waals surface area contributed by atoms with Crippen molar-refractivity contribution in [2.75, 3.05) is 20.2 Å². The SMILES string of the molecule is COc1c(C(=O)N[C@@H]2CCN(C3CCCCC3)C2)cc(Br)c2ccccc12. The van der Waals surface area contributed by atoms with E-state index in [1.54, 1.807) is 7.11 Å². The lowest BCUT2D eigenvalue weighted by Gasteiger charge is -2.31. The maximum absolute atomic E-state index is 13.0. The molecule has 1 saturated carbocycles. The number of amides is 1. The van der Waals surface area contributed by atoms with Crippen LogP contribution in [0.15, 0.2) is 34.8 Å². The summed E-state index contributed by atoms with van der Waals surface area (Å²) in [4.78, 5) is 15.6. The molecule has 1 aliphatic carbocycles. The topological polar surface area (TPSA) is 41.6 Å². The minimum atomic E-state index is -0.0474. The smallest absolute Gasteiger partial charge is 0.255 e. The molecule has 5 heteroatoms. The fraction of sp³-hybridized carbons (Fsp3) is 0.500. The Bertz CT molecular complexity index is 832. The molecule has 27 heavy (non-hydrogen) atoms. The minimum Gasteiger partial charge on any atom is -0.495 e. The molecule has 1 N–H and O–H groups in total. The van der Waals surface area contributed by atoms with Crippen LogP contribution >= 0.6 is 15.9 Å². The molecule has 2 fully saturated rings. The molecule has 1 heterocycles. The van der Waals surface area contributed by atoms with Gasteiger partial charge in [0.05, 0.1) is 12.7 Å². The maximum Gasteiger partial charge on any atom is 0.255 e. The first-order valence-electron chi connectivity index (χ1n) is 9.97. The van der Waals surface area contributed by atoms with Gasteiger partial charge in [-0.05, 0) is 30.7 Å². The van der Waals surface area contributed by atoms with Crippen molar-refractivity contribution in [2.45, 2.75) is 50.6 Å². The highest BCUT2D eigenvalue weighted by Gasteiger charge is 2.30. The van der Waals surface area contributed by atoms with Crippen LogP contribution in [-0.4, -0.2) is 43.1 Å². The van der Waals surface area contributed by atoms with Gasteiger partial charge in [0.25, 0.3) is 5.91 Å². The lowest BCUT2D eigenvalue weighted by Crippen LogP contribution is -2.40. The van der Waals surface area contributed by atoms with Crippen molar-refractivity contribution in [3.8, 4) is 5.75 Å². The van der Waals surface area contributed by atoms with Gasteiger partial charge in [0.2, 0.25) is 0 Å². The molecule has 0 radical (unpaired) electrons. The normalized spacial score (nSPS) is 21.5. The van der Waals surface area contributed by atoms with E-state index in [0.29, 0.717) is 17.4 Å². The number of carbonyl (C=O) groups excluding carboxylic acids is 1. The number of nitrogens with zero attached hydrogens (tertiary/aromatic N) is 1. The molecule has 4 rings (SSSR count). The lowest BCUT2D eigenvalue weighted by molar-refractivity contribution is 0.0932. The van der Waals surface area contributed by atoms with Crippen LogP contribution in [0, 0.1) is 0 Å². The number of methoxy groups -OCH3 is 1. The largest absolute Gasteiger partial charge is 0.495 e. The van der Waals surface area contributed by atoms with Crippen molar-refractivity contribution in [3.63, 3.8) is 0 Å². The number of nitrogens with one attached hydrogen (secondary N) is 1. The summed E-state index contributed by atoms with van der Waals surface area (Å²) < 4.78 is 6.54. The molecule has 1 amide bonds. The number of hydrogen-bond donors (Lipinski definition) is 1. The Kier molecular flexibility index (Phi) is 5.69. The van der Waals surface area contributed by atoms with E-state index in [-0.39, 0.29) is 11.9 Å². The van der Waals surface area contributed by atoms with Crippen molar-refractivity contribution in [3.05, 3.63) is 40.4 Å². The Morgan fingerprint density at radius 1 is 1.15 bits per heavy atom. The highest BCUT2D eigenvalue weighted by molar-refractivity contribution is 9.10. The first-order valence-corrected chi connectivity index (χ1v) is 10.8. The first kappa shape index (κ1) is 18.8. The summed E-state index contributed by atoms with van der Waals surface area (Å²) in [5, 5.41) is 5.25. The van der Waals surface area contributed by atoms with Gasteiger partial charge in [0.1, 0.15) is 5.75 Å². The number of rotatable bonds is 4. The Morgan fingerprint density at radius 2 is 1.89 bits per heavy atom. The summed E-state index contributed by atoms with van der Waals surface area (Å²) in [5.74, 6) is 0.599. The van der Waals surface area contributed by atoms with Crippen LogP contribution in [0.25, 0.3) is 10.8 Å². The number of hydrogen-bond acceptors (Lipinski definition) is 3. The Labute approximate surface area is 169 Å². The van der Waals surface area contributed by atoms with E-state index in [0.717, 1.165) is 34.8 Å². The Balaban J connectivity index is 1.50. The third kappa shape index (κ3) is 3.85. The van der Waals surface area contributed by atoms with Gasteiger partial charge in [-0.15, -0.1) is 0 Å². The third-order valence-corrected chi connectivity index (χ3v) is 6.70. The number of halogens is 1. The summed E-state index contributed by atoms with van der Waals surface area (Å²) in [7, 11) is 1.63. The van der Waals surface area contributed by atoms with Crippen LogP contribution in [0.5, 0.6) is 5.75 Å². The molecule has 0 bridgehead atoms. The van der Waals surface area contributed by atoms with Gasteiger partial charge < -0.3 is 10.1 Å². The molecular formula is C22H27BrN2O2. The Morgan fingerprint density at radius 3 is 2.63 bits per heavy atom. The van der Waals surface area contributed by atoms with Gasteiger partial charge in [-0.2, -0.15) is 0 Å². The summed E-state index contributed by atoms with van der Waals surface area (Å²) >= 11 is 3.61. The first-order chi connectivity index (χ1) is 13.2. The van der Waals surface area contributed by atoms with E-state index < -0.39 is 0 Å². The standard InChI is InChI=1S/C22H27BrN2O2/c1-27-21-18-10-6-5-9-17(18)20(23)13-19(21)22(26)24-15-11-12-25(14-15)16-7-3-2-4-8-16/h5-6,9-10,13,15-16H,2-4,7-8,11-12,14H2,1H3,(H,24,26)/t15-/m1/s1. The quantitative estimate of drug-likeness (QED) is 0.760. The highest BCUT2D eigenvalue weighted by atomic mass is 79.9. The van der Waals surface area contributed by atoms with Crippen LogP contribution in [-0.2, 0) is 0 Å². The predicted molar refractivity (Wildman–Crippen MR) is 113 cm³/mol. The van der Waals surface area contributed by atoms with Crippen LogP contribution in [0.4, 0.5) is 0 Å². The second kappa shape index (κ2) is 8.19. The zero-order valence-electron chi connectivity index (χ0n) is 15.8. The van der Waals surface area contributed by atoms with Gasteiger partial charge in [-0.3, -0.25) is 9.69 Å². The minimum absolute atomic E-state index is 0.0474. The molecule has 1 saturated heterocycles. The van der Waals surface area contributed by atoms with Gasteiger partial charge in [-0.25, -0.2) is 0 Å². The average molecular weight is 431 g/mol. The van der Waals surface area contributed by atoms with Crippen molar-refractivity contribution in [2.24, 2.45) is 0 Å². The molecule has 0 unspecified atom stereocenters. The molecule has 0 aromatic heterocycles. The van der Waals surface area contributed by atoms with Gasteiger partial charge in [-0.1, -0.05) is 59.5 Å². The van der Waals surface area contributed by atoms with E-state index in [1.807, 2.05) is 30.3 Å². The van der Waals surface area contributed by atoms with Crippen molar-refractivity contribution < 1.29 is 9.53 Å². The maximum atomic E-state index is 13.0. The molecule has 144 valence electrons. The lowest BCUT2D eigenvalue weighted by atomic mass is 9.94. The number of benzene rings is 2. The molecule has 2 aromatic carbocycles. The zero-order valence-corrected chi connectivity index (χ0v) is 17.4. The molecule has 2 aromatic rings. The Hall–Kier alpha value is -1.59. The number of fused-ring (bicyclic) bond motifs is 1. The second-order valence-electron chi connectivity index (χ2n) is 7.73. The predicted octanol–water partition coefficient (Wildman–Crippen LogP) is 4.75. The van der Waals surface area contributed by atoms with Crippen LogP contribution in [0.2, 0.25) is 0 Å². The average Bonchev–Trinajstić information content (AvgIpc) is 3.17. The van der Waals surface area contributed by atoms with E-state index in [4.69, 9.17) is 4.74 Å². The van der Waals surface area contributed by atoms with E-state index in [2.05, 4.69) is 26.1 Å². The van der Waals surface area contributed by atoms with Gasteiger partial charge in [0, 0.05) is 35.0 Å². The summed E-state index contributed by atoms with van der Waals surface area (Å²) in [5.41, 5.74) is 0.596. The van der Waals surface area contributed by atoms with E-state index >= 15 is 0 Å². The molecule has 0 spiro atoms. The summed E-state index contributed by atoms with van der Waals surface area (Å²) in [6.07, 6.45) is 7.72. The number of likely N-dealkylation sites (tertiary alicyclic amines) is 1. The van der Waals surface area contributed by atoms with Crippen LogP contribution in [0.1, 0.15) is 48.9 Å². The second-order valence-corrected chi connectivity index (χ2v) is 8.58. The molecule has 1 aliphatic heterocycles. The van der Waals surface area contributed by atoms with Crippen molar-refractivity contribution in [1.29, 1.82) is 0 Å². The van der Waals surface area contributed by atoms with Crippen molar-refractivity contribution >= 4 is 32.6 Å². The zero-order chi connectivity index (χ0) is 18.8. The summed E-state index contributed by atoms with van der Waals surface area (Å²) in [6, 6.07) is 10.8. The third-order valence-electron chi connectivity index (χ3n) is 6.04. The van der Waals surface area contributed by atoms with Gasteiger partial charge in [0.15, 0.2) is 0 Å². The fourth-order valence-electron chi connectivity index (χ4n) is 4.64. The fourth-order valence-corrected chi connectivity index (χ4v) is 5.21. The number of carbonyl (C=O) groups is 1. The van der Waals surface area contributed by atoms with E-state index in [9.17, 15) is 4.79 Å². The van der Waals surface area contributed by atoms with Gasteiger partial charge >= 0.3 is 0 Å². The van der Waals surface area contributed by atoms with Crippen LogP contribution < -0.4 is 10.1 Å². The monoisotopic (exact) mass is 430 g/mol. The molecule has 4 nitrogen and oxygen atoms in total. The molecular weight excluding hydrogens is 404 g/mol. The molecule has 2 aliphatic rings. The van der Waals surface area contributed by atoms with E-state index in [1.165, 1.54) is 32.1 Å². The number of ether oxygens (including phenoxy) is 1. The highest BCUT2D eigenvalue weighted by Crippen LogP contribution is 2.35. The molecule has 1 atom stereocenters. The van der Waals surface area contributed by atoms with Crippen molar-refractivity contribution in [1.82, 2.24) is 10.2 Å². The van der Waals surface area contributed by atoms with Crippen LogP contribution in [0.3, 0.4) is 0 Å².